The summed E-state index contributed by atoms with van der Waals surface area (Å²) in [7, 11) is 1.55. The van der Waals surface area contributed by atoms with Crippen molar-refractivity contribution in [3.8, 4) is 11.5 Å². The number of hydrazine groups is 1. The second-order valence-electron chi connectivity index (χ2n) is 5.36. The van der Waals surface area contributed by atoms with E-state index in [1.807, 2.05) is 0 Å². The number of rotatable bonds is 7. The van der Waals surface area contributed by atoms with Gasteiger partial charge in [-0.1, -0.05) is 13.3 Å². The molecule has 6 nitrogen and oxygen atoms in total. The van der Waals surface area contributed by atoms with Gasteiger partial charge < -0.3 is 9.47 Å². The lowest BCUT2D eigenvalue weighted by molar-refractivity contribution is 0.0846. The van der Waals surface area contributed by atoms with Gasteiger partial charge in [0.2, 0.25) is 0 Å². The third-order valence-corrected chi connectivity index (χ3v) is 3.52. The maximum Gasteiger partial charge on any atom is 0.269 e. The van der Waals surface area contributed by atoms with Crippen LogP contribution in [0.15, 0.2) is 48.5 Å². The van der Waals surface area contributed by atoms with Gasteiger partial charge in [0.25, 0.3) is 11.8 Å². The summed E-state index contributed by atoms with van der Waals surface area (Å²) < 4.78 is 10.6. The number of unbranched alkanes of at least 4 members (excludes halogenated alkanes) is 1. The van der Waals surface area contributed by atoms with Crippen molar-refractivity contribution in [3.63, 3.8) is 0 Å². The molecule has 0 saturated heterocycles. The van der Waals surface area contributed by atoms with Crippen LogP contribution in [0.3, 0.4) is 0 Å². The van der Waals surface area contributed by atoms with Gasteiger partial charge in [0, 0.05) is 11.1 Å². The van der Waals surface area contributed by atoms with E-state index in [9.17, 15) is 9.59 Å². The molecule has 132 valence electrons. The summed E-state index contributed by atoms with van der Waals surface area (Å²) in [4.78, 5) is 24.1. The predicted molar refractivity (Wildman–Crippen MR) is 94.8 cm³/mol. The number of carbonyl (C=O) groups is 2. The Bertz CT molecular complexity index is 696. The Kier molecular flexibility index (Phi) is 6.83. The van der Waals surface area contributed by atoms with Crippen LogP contribution in [0.25, 0.3) is 0 Å². The van der Waals surface area contributed by atoms with Crippen molar-refractivity contribution >= 4 is 11.8 Å². The summed E-state index contributed by atoms with van der Waals surface area (Å²) >= 11 is 0. The molecule has 2 N–H and O–H groups in total. The van der Waals surface area contributed by atoms with E-state index in [1.165, 1.54) is 0 Å². The zero-order chi connectivity index (χ0) is 18.1. The summed E-state index contributed by atoms with van der Waals surface area (Å²) in [5.74, 6) is 0.562. The Balaban J connectivity index is 1.85. The third kappa shape index (κ3) is 5.53. The molecule has 2 rings (SSSR count). The van der Waals surface area contributed by atoms with Crippen LogP contribution in [0.1, 0.15) is 40.5 Å². The van der Waals surface area contributed by atoms with Gasteiger partial charge in [-0.3, -0.25) is 20.4 Å². The van der Waals surface area contributed by atoms with Crippen LogP contribution < -0.4 is 20.3 Å². The Labute approximate surface area is 147 Å². The summed E-state index contributed by atoms with van der Waals surface area (Å²) in [5.41, 5.74) is 5.61. The molecule has 0 heterocycles. The van der Waals surface area contributed by atoms with Gasteiger partial charge in [-0.15, -0.1) is 0 Å². The van der Waals surface area contributed by atoms with Crippen molar-refractivity contribution in [1.29, 1.82) is 0 Å². The lowest BCUT2D eigenvalue weighted by Crippen LogP contribution is -2.41. The molecule has 6 heteroatoms. The average molecular weight is 342 g/mol. The molecule has 25 heavy (non-hydrogen) atoms. The second-order valence-corrected chi connectivity index (χ2v) is 5.36. The number of amides is 2. The minimum absolute atomic E-state index is 0.401. The van der Waals surface area contributed by atoms with E-state index in [1.54, 1.807) is 55.6 Å². The van der Waals surface area contributed by atoms with E-state index in [-0.39, 0.29) is 0 Å². The van der Waals surface area contributed by atoms with Gasteiger partial charge in [0.15, 0.2) is 0 Å². The van der Waals surface area contributed by atoms with Crippen LogP contribution in [0.4, 0.5) is 0 Å². The number of hydrogen-bond acceptors (Lipinski definition) is 4. The fourth-order valence-corrected chi connectivity index (χ4v) is 2.04. The van der Waals surface area contributed by atoms with Crippen molar-refractivity contribution in [2.45, 2.75) is 19.8 Å². The average Bonchev–Trinajstić information content (AvgIpc) is 2.66. The molecule has 2 aromatic rings. The normalized spacial score (nSPS) is 10.0. The molecule has 0 unspecified atom stereocenters. The first-order chi connectivity index (χ1) is 12.1. The molecule has 0 fully saturated rings. The maximum atomic E-state index is 12.1. The molecule has 0 aliphatic rings. The number of methoxy groups -OCH3 is 1. The summed E-state index contributed by atoms with van der Waals surface area (Å²) in [6.45, 7) is 2.75. The van der Waals surface area contributed by atoms with E-state index in [0.29, 0.717) is 29.2 Å². The molecule has 0 radical (unpaired) electrons. The van der Waals surface area contributed by atoms with E-state index in [0.717, 1.165) is 12.8 Å². The molecule has 2 amide bonds. The van der Waals surface area contributed by atoms with E-state index >= 15 is 0 Å². The summed E-state index contributed by atoms with van der Waals surface area (Å²) in [5, 5.41) is 0. The maximum absolute atomic E-state index is 12.1. The van der Waals surface area contributed by atoms with Gasteiger partial charge in [-0.05, 0) is 55.0 Å². The number of carbonyl (C=O) groups excluding carboxylic acids is 2. The van der Waals surface area contributed by atoms with E-state index in [2.05, 4.69) is 17.8 Å². The first-order valence-corrected chi connectivity index (χ1v) is 8.11. The molecular formula is C19H22N2O4. The van der Waals surface area contributed by atoms with Crippen molar-refractivity contribution in [2.75, 3.05) is 13.7 Å². The van der Waals surface area contributed by atoms with Gasteiger partial charge in [0.05, 0.1) is 13.7 Å². The minimum atomic E-state index is -0.407. The highest BCUT2D eigenvalue weighted by atomic mass is 16.5. The highest BCUT2D eigenvalue weighted by molar-refractivity contribution is 5.99. The molecule has 2 aromatic carbocycles. The highest BCUT2D eigenvalue weighted by Crippen LogP contribution is 2.13. The van der Waals surface area contributed by atoms with Crippen molar-refractivity contribution in [3.05, 3.63) is 59.7 Å². The second kappa shape index (κ2) is 9.32. The van der Waals surface area contributed by atoms with Crippen LogP contribution in [0.5, 0.6) is 11.5 Å². The fraction of sp³-hybridized carbons (Fsp3) is 0.263. The van der Waals surface area contributed by atoms with Crippen molar-refractivity contribution in [2.24, 2.45) is 0 Å². The number of nitrogens with one attached hydrogen (secondary N) is 2. The molecule has 0 atom stereocenters. The van der Waals surface area contributed by atoms with Crippen molar-refractivity contribution < 1.29 is 19.1 Å². The fourth-order valence-electron chi connectivity index (χ4n) is 2.04. The molecule has 0 aliphatic carbocycles. The van der Waals surface area contributed by atoms with Gasteiger partial charge in [-0.25, -0.2) is 0 Å². The van der Waals surface area contributed by atoms with E-state index < -0.39 is 11.8 Å². The molecule has 0 spiro atoms. The Hall–Kier alpha value is -3.02. The van der Waals surface area contributed by atoms with Crippen LogP contribution in [-0.4, -0.2) is 25.5 Å². The largest absolute Gasteiger partial charge is 0.497 e. The zero-order valence-corrected chi connectivity index (χ0v) is 14.4. The van der Waals surface area contributed by atoms with Crippen molar-refractivity contribution in [1.82, 2.24) is 10.9 Å². The van der Waals surface area contributed by atoms with Gasteiger partial charge in [0.1, 0.15) is 11.5 Å². The lowest BCUT2D eigenvalue weighted by Gasteiger charge is -2.09. The summed E-state index contributed by atoms with van der Waals surface area (Å²) in [6.07, 6.45) is 2.05. The first kappa shape index (κ1) is 18.3. The molecular weight excluding hydrogens is 320 g/mol. The predicted octanol–water partition coefficient (Wildman–Crippen LogP) is 2.95. The van der Waals surface area contributed by atoms with Crippen LogP contribution in [0, 0.1) is 0 Å². The summed E-state index contributed by atoms with van der Waals surface area (Å²) in [6, 6.07) is 13.3. The Morgan fingerprint density at radius 3 is 1.76 bits per heavy atom. The first-order valence-electron chi connectivity index (χ1n) is 8.11. The standard InChI is InChI=1S/C19H22N2O4/c1-3-4-13-25-17-11-7-15(8-12-17)19(23)21-20-18(22)14-5-9-16(24-2)10-6-14/h5-12H,3-4,13H2,1-2H3,(H,20,22)(H,21,23). The van der Waals surface area contributed by atoms with Crippen LogP contribution >= 0.6 is 0 Å². The Morgan fingerprint density at radius 2 is 1.32 bits per heavy atom. The van der Waals surface area contributed by atoms with Crippen LogP contribution in [0.2, 0.25) is 0 Å². The van der Waals surface area contributed by atoms with Crippen LogP contribution in [-0.2, 0) is 0 Å². The number of hydrogen-bond donors (Lipinski definition) is 2. The van der Waals surface area contributed by atoms with Gasteiger partial charge >= 0.3 is 0 Å². The molecule has 0 bridgehead atoms. The number of benzene rings is 2. The van der Waals surface area contributed by atoms with Gasteiger partial charge in [-0.2, -0.15) is 0 Å². The topological polar surface area (TPSA) is 76.7 Å². The number of ether oxygens (including phenoxy) is 2. The monoisotopic (exact) mass is 342 g/mol. The smallest absolute Gasteiger partial charge is 0.269 e. The molecule has 0 aliphatic heterocycles. The quantitative estimate of drug-likeness (QED) is 0.599. The SMILES string of the molecule is CCCCOc1ccc(C(=O)NNC(=O)c2ccc(OC)cc2)cc1. The molecule has 0 aromatic heterocycles. The minimum Gasteiger partial charge on any atom is -0.497 e. The highest BCUT2D eigenvalue weighted by Gasteiger charge is 2.09. The zero-order valence-electron chi connectivity index (χ0n) is 14.4. The van der Waals surface area contributed by atoms with E-state index in [4.69, 9.17) is 9.47 Å². The Morgan fingerprint density at radius 1 is 0.840 bits per heavy atom. The lowest BCUT2D eigenvalue weighted by atomic mass is 10.2. The molecule has 0 saturated carbocycles. The third-order valence-electron chi connectivity index (χ3n) is 3.52.